The van der Waals surface area contributed by atoms with E-state index in [4.69, 9.17) is 0 Å². The average Bonchev–Trinajstić information content (AvgIpc) is 2.92. The van der Waals surface area contributed by atoms with Gasteiger partial charge in [0.15, 0.2) is 0 Å². The molecule has 2 amide bonds. The first kappa shape index (κ1) is 14.7. The molecule has 1 unspecified atom stereocenters. The van der Waals surface area contributed by atoms with Crippen LogP contribution in [0.4, 0.5) is 4.79 Å². The number of carboxylic acids is 1. The maximum atomic E-state index is 11.8. The zero-order valence-electron chi connectivity index (χ0n) is 11.0. The first-order valence-electron chi connectivity index (χ1n) is 6.56. The van der Waals surface area contributed by atoms with Gasteiger partial charge < -0.3 is 15.7 Å². The van der Waals surface area contributed by atoms with E-state index in [2.05, 4.69) is 10.6 Å². The number of thioether (sulfide) groups is 1. The summed E-state index contributed by atoms with van der Waals surface area (Å²) < 4.78 is 0. The molecule has 0 bridgehead atoms. The average molecular weight is 294 g/mol. The molecule has 1 fully saturated rings. The Hall–Kier alpha value is -1.69. The predicted molar refractivity (Wildman–Crippen MR) is 79.0 cm³/mol. The molecule has 1 aromatic carbocycles. The lowest BCUT2D eigenvalue weighted by molar-refractivity contribution is -0.139. The van der Waals surface area contributed by atoms with Crippen LogP contribution in [0.5, 0.6) is 0 Å². The van der Waals surface area contributed by atoms with Crippen LogP contribution in [0, 0.1) is 0 Å². The number of amides is 2. The molecule has 20 heavy (non-hydrogen) atoms. The number of benzene rings is 1. The number of hydrogen-bond donors (Lipinski definition) is 3. The molecule has 1 heterocycles. The SMILES string of the molecule is O=C(NC1CCSC1)N[C@H](Cc1ccccc1)C(=O)O. The highest BCUT2D eigenvalue weighted by Gasteiger charge is 2.23. The first-order valence-corrected chi connectivity index (χ1v) is 7.72. The van der Waals surface area contributed by atoms with Crippen molar-refractivity contribution in [3.8, 4) is 0 Å². The highest BCUT2D eigenvalue weighted by atomic mass is 32.2. The van der Waals surface area contributed by atoms with Crippen LogP contribution in [0.3, 0.4) is 0 Å². The van der Waals surface area contributed by atoms with Crippen LogP contribution < -0.4 is 10.6 Å². The Bertz CT molecular complexity index is 461. The van der Waals surface area contributed by atoms with Crippen molar-refractivity contribution >= 4 is 23.8 Å². The molecule has 1 aliphatic heterocycles. The number of hydrogen-bond acceptors (Lipinski definition) is 3. The van der Waals surface area contributed by atoms with Gasteiger partial charge in [-0.2, -0.15) is 11.8 Å². The maximum absolute atomic E-state index is 11.8. The molecule has 5 nitrogen and oxygen atoms in total. The number of aliphatic carboxylic acids is 1. The molecular weight excluding hydrogens is 276 g/mol. The maximum Gasteiger partial charge on any atom is 0.326 e. The molecule has 6 heteroatoms. The minimum absolute atomic E-state index is 0.145. The molecule has 2 rings (SSSR count). The third-order valence-corrected chi connectivity index (χ3v) is 4.31. The Kier molecular flexibility index (Phi) is 5.29. The fourth-order valence-electron chi connectivity index (χ4n) is 2.08. The van der Waals surface area contributed by atoms with Crippen molar-refractivity contribution in [1.29, 1.82) is 0 Å². The van der Waals surface area contributed by atoms with Crippen molar-refractivity contribution in [2.75, 3.05) is 11.5 Å². The summed E-state index contributed by atoms with van der Waals surface area (Å²) >= 11 is 1.79. The number of carbonyl (C=O) groups is 2. The fraction of sp³-hybridized carbons (Fsp3) is 0.429. The van der Waals surface area contributed by atoms with Gasteiger partial charge >= 0.3 is 12.0 Å². The summed E-state index contributed by atoms with van der Waals surface area (Å²) in [6, 6.07) is 8.11. The van der Waals surface area contributed by atoms with Gasteiger partial charge in [0.2, 0.25) is 0 Å². The van der Waals surface area contributed by atoms with Gasteiger partial charge in [-0.1, -0.05) is 30.3 Å². The van der Waals surface area contributed by atoms with Crippen LogP contribution in [0.1, 0.15) is 12.0 Å². The minimum atomic E-state index is -1.02. The third kappa shape index (κ3) is 4.45. The number of urea groups is 1. The number of carbonyl (C=O) groups excluding carboxylic acids is 1. The zero-order valence-corrected chi connectivity index (χ0v) is 11.9. The summed E-state index contributed by atoms with van der Waals surface area (Å²) in [5.41, 5.74) is 0.886. The lowest BCUT2D eigenvalue weighted by atomic mass is 10.1. The molecule has 1 saturated heterocycles. The Morgan fingerprint density at radius 2 is 2.10 bits per heavy atom. The normalized spacial score (nSPS) is 19.3. The van der Waals surface area contributed by atoms with E-state index in [9.17, 15) is 14.7 Å². The quantitative estimate of drug-likeness (QED) is 0.769. The van der Waals surface area contributed by atoms with E-state index < -0.39 is 18.0 Å². The van der Waals surface area contributed by atoms with Gasteiger partial charge in [-0.3, -0.25) is 0 Å². The van der Waals surface area contributed by atoms with E-state index in [0.29, 0.717) is 0 Å². The Labute approximate surface area is 122 Å². The second-order valence-electron chi connectivity index (χ2n) is 4.76. The summed E-state index contributed by atoms with van der Waals surface area (Å²) in [7, 11) is 0. The topological polar surface area (TPSA) is 78.4 Å². The van der Waals surface area contributed by atoms with E-state index in [1.807, 2.05) is 30.3 Å². The standard InChI is InChI=1S/C14H18N2O3S/c17-13(18)12(8-10-4-2-1-3-5-10)16-14(19)15-11-6-7-20-9-11/h1-5,11-12H,6-9H2,(H,17,18)(H2,15,16,19)/t11?,12-/m1/s1. The van der Waals surface area contributed by atoms with Crippen LogP contribution in [0.2, 0.25) is 0 Å². The molecule has 1 aromatic rings. The minimum Gasteiger partial charge on any atom is -0.480 e. The molecule has 0 saturated carbocycles. The van der Waals surface area contributed by atoms with Gasteiger partial charge in [0, 0.05) is 18.2 Å². The van der Waals surface area contributed by atoms with Crippen molar-refractivity contribution in [2.24, 2.45) is 0 Å². The summed E-state index contributed by atoms with van der Waals surface area (Å²) in [5, 5.41) is 14.5. The molecule has 1 aliphatic rings. The molecule has 2 atom stereocenters. The Morgan fingerprint density at radius 3 is 2.70 bits per heavy atom. The summed E-state index contributed by atoms with van der Waals surface area (Å²) in [6.07, 6.45) is 1.22. The van der Waals surface area contributed by atoms with Gasteiger partial charge in [0.1, 0.15) is 6.04 Å². The van der Waals surface area contributed by atoms with E-state index in [1.54, 1.807) is 11.8 Å². The fourth-order valence-corrected chi connectivity index (χ4v) is 3.24. The highest BCUT2D eigenvalue weighted by Crippen LogP contribution is 2.16. The summed E-state index contributed by atoms with van der Waals surface area (Å²) in [6.45, 7) is 0. The number of rotatable bonds is 5. The van der Waals surface area contributed by atoms with Gasteiger partial charge in [-0.05, 0) is 17.7 Å². The van der Waals surface area contributed by atoms with E-state index in [0.717, 1.165) is 23.5 Å². The lowest BCUT2D eigenvalue weighted by Crippen LogP contribution is -2.49. The van der Waals surface area contributed by atoms with Crippen LogP contribution in [0.25, 0.3) is 0 Å². The molecule has 3 N–H and O–H groups in total. The first-order chi connectivity index (χ1) is 9.65. The highest BCUT2D eigenvalue weighted by molar-refractivity contribution is 7.99. The smallest absolute Gasteiger partial charge is 0.326 e. The number of nitrogens with one attached hydrogen (secondary N) is 2. The second-order valence-corrected chi connectivity index (χ2v) is 5.91. The lowest BCUT2D eigenvalue weighted by Gasteiger charge is -2.17. The molecule has 108 valence electrons. The van der Waals surface area contributed by atoms with Gasteiger partial charge in [-0.15, -0.1) is 0 Å². The molecule has 0 spiro atoms. The van der Waals surface area contributed by atoms with Crippen molar-refractivity contribution in [3.05, 3.63) is 35.9 Å². The van der Waals surface area contributed by atoms with Crippen LogP contribution in [-0.2, 0) is 11.2 Å². The Morgan fingerprint density at radius 1 is 1.35 bits per heavy atom. The van der Waals surface area contributed by atoms with Crippen LogP contribution in [0.15, 0.2) is 30.3 Å². The largest absolute Gasteiger partial charge is 0.480 e. The molecular formula is C14H18N2O3S. The predicted octanol–water partition coefficient (Wildman–Crippen LogP) is 1.49. The van der Waals surface area contributed by atoms with E-state index in [1.165, 1.54) is 0 Å². The van der Waals surface area contributed by atoms with Gasteiger partial charge in [0.05, 0.1) is 0 Å². The third-order valence-electron chi connectivity index (χ3n) is 3.15. The second kappa shape index (κ2) is 7.19. The monoisotopic (exact) mass is 294 g/mol. The number of carboxylic acid groups (broad SMARTS) is 1. The molecule has 0 aromatic heterocycles. The van der Waals surface area contributed by atoms with Gasteiger partial charge in [0.25, 0.3) is 0 Å². The van der Waals surface area contributed by atoms with Gasteiger partial charge in [-0.25, -0.2) is 9.59 Å². The molecule has 0 radical (unpaired) electrons. The van der Waals surface area contributed by atoms with Crippen molar-refractivity contribution in [3.63, 3.8) is 0 Å². The van der Waals surface area contributed by atoms with E-state index in [-0.39, 0.29) is 12.5 Å². The molecule has 0 aliphatic carbocycles. The van der Waals surface area contributed by atoms with Crippen molar-refractivity contribution in [2.45, 2.75) is 24.9 Å². The zero-order chi connectivity index (χ0) is 14.4. The van der Waals surface area contributed by atoms with Crippen LogP contribution >= 0.6 is 11.8 Å². The van der Waals surface area contributed by atoms with Crippen molar-refractivity contribution in [1.82, 2.24) is 10.6 Å². The Balaban J connectivity index is 1.88. The van der Waals surface area contributed by atoms with Crippen molar-refractivity contribution < 1.29 is 14.7 Å². The van der Waals surface area contributed by atoms with E-state index >= 15 is 0 Å². The summed E-state index contributed by atoms with van der Waals surface area (Å²) in [5.74, 6) is 0.908. The van der Waals surface area contributed by atoms with Crippen LogP contribution in [-0.4, -0.2) is 40.7 Å². The summed E-state index contributed by atoms with van der Waals surface area (Å²) in [4.78, 5) is 23.0.